The zero-order valence-corrected chi connectivity index (χ0v) is 24.5. The number of rotatable bonds is 11. The normalized spacial score (nSPS) is 14.7. The zero-order valence-electron chi connectivity index (χ0n) is 23.0. The van der Waals surface area contributed by atoms with Gasteiger partial charge in [0.15, 0.2) is 6.10 Å². The van der Waals surface area contributed by atoms with E-state index in [9.17, 15) is 14.4 Å². The predicted octanol–water partition coefficient (Wildman–Crippen LogP) is 5.33. The van der Waals surface area contributed by atoms with Crippen LogP contribution in [0.2, 0.25) is 0 Å². The minimum Gasteiger partial charge on any atom is -0.445 e. The van der Waals surface area contributed by atoms with E-state index < -0.39 is 24.2 Å². The van der Waals surface area contributed by atoms with Crippen LogP contribution >= 0.6 is 15.9 Å². The number of amides is 2. The maximum atomic E-state index is 13.3. The van der Waals surface area contributed by atoms with Crippen LogP contribution in [0.3, 0.4) is 0 Å². The second kappa shape index (κ2) is 14.4. The first-order chi connectivity index (χ1) is 20.9. The average molecular weight is 649 g/mol. The highest BCUT2D eigenvalue weighted by Gasteiger charge is 2.26. The molecule has 0 radical (unpaired) electrons. The summed E-state index contributed by atoms with van der Waals surface area (Å²) in [4.78, 5) is 46.7. The Kier molecular flexibility index (Phi) is 9.90. The Bertz CT molecular complexity index is 1590. The molecule has 1 unspecified atom stereocenters. The molecule has 0 saturated heterocycles. The largest absolute Gasteiger partial charge is 0.514 e. The summed E-state index contributed by atoms with van der Waals surface area (Å²) in [7, 11) is 0. The number of oxime groups is 1. The quantitative estimate of drug-likeness (QED) is 0.147. The van der Waals surface area contributed by atoms with E-state index in [0.29, 0.717) is 22.0 Å². The monoisotopic (exact) mass is 648 g/mol. The van der Waals surface area contributed by atoms with Gasteiger partial charge in [0.2, 0.25) is 5.91 Å². The predicted molar refractivity (Wildman–Crippen MR) is 162 cm³/mol. The molecular formula is C31H29BrN4O7. The topological polar surface area (TPSA) is 140 Å². The lowest BCUT2D eigenvalue weighted by Gasteiger charge is -2.19. The fraction of sp³-hybridized carbons (Fsp3) is 0.226. The number of alkyl carbamates (subject to hydrolysis) is 1. The smallest absolute Gasteiger partial charge is 0.445 e. The molecule has 0 spiro atoms. The molecule has 1 aromatic heterocycles. The Balaban J connectivity index is 1.25. The number of hydrogen-bond donors (Lipinski definition) is 3. The number of aromatic nitrogens is 1. The molecule has 1 aliphatic rings. The van der Waals surface area contributed by atoms with Crippen molar-refractivity contribution in [2.45, 2.75) is 38.2 Å². The molecule has 1 aliphatic heterocycles. The van der Waals surface area contributed by atoms with Gasteiger partial charge in [0, 0.05) is 29.9 Å². The van der Waals surface area contributed by atoms with Crippen LogP contribution in [0.4, 0.5) is 9.59 Å². The molecule has 11 nitrogen and oxygen atoms in total. The number of carbonyl (C=O) groups is 3. The summed E-state index contributed by atoms with van der Waals surface area (Å²) in [6, 6.07) is 22.6. The molecule has 222 valence electrons. The fourth-order valence-corrected chi connectivity index (χ4v) is 4.85. The molecule has 0 saturated carbocycles. The van der Waals surface area contributed by atoms with E-state index in [0.717, 1.165) is 16.6 Å². The van der Waals surface area contributed by atoms with Crippen LogP contribution in [0.1, 0.15) is 23.1 Å². The summed E-state index contributed by atoms with van der Waals surface area (Å²) in [5.41, 5.74) is 3.12. The number of ether oxygens (including phenoxy) is 3. The summed E-state index contributed by atoms with van der Waals surface area (Å²) < 4.78 is 16.6. The Morgan fingerprint density at radius 3 is 2.35 bits per heavy atom. The molecule has 4 aromatic rings. The molecule has 3 aromatic carbocycles. The van der Waals surface area contributed by atoms with Crippen molar-refractivity contribution in [1.29, 1.82) is 0 Å². The number of fused-ring (bicyclic) bond motifs is 1. The van der Waals surface area contributed by atoms with E-state index in [-0.39, 0.29) is 38.0 Å². The highest BCUT2D eigenvalue weighted by atomic mass is 79.9. The van der Waals surface area contributed by atoms with Crippen molar-refractivity contribution in [3.63, 3.8) is 0 Å². The molecule has 12 heteroatoms. The first-order valence-electron chi connectivity index (χ1n) is 13.5. The van der Waals surface area contributed by atoms with Gasteiger partial charge in [0.05, 0.1) is 6.54 Å². The zero-order chi connectivity index (χ0) is 30.0. The van der Waals surface area contributed by atoms with Gasteiger partial charge in [-0.1, -0.05) is 65.8 Å². The van der Waals surface area contributed by atoms with E-state index in [2.05, 4.69) is 36.7 Å². The number of nitrogens with one attached hydrogen (secondary N) is 3. The number of nitrogens with zero attached hydrogens (tertiary/aromatic N) is 1. The van der Waals surface area contributed by atoms with Gasteiger partial charge in [-0.15, -0.1) is 0 Å². The number of carbonyl (C=O) groups excluding carboxylic acids is 3. The van der Waals surface area contributed by atoms with E-state index in [1.54, 1.807) is 24.4 Å². The SMILES string of the molecule is O=C(N[C@@H](Cc1c[nH]c2ccc(OC(=O)OCc3ccccc3)cc12)C(=O)NCC1CC(Br)=NO1)OCc1ccccc1. The van der Waals surface area contributed by atoms with Crippen LogP contribution in [0.15, 0.2) is 90.2 Å². The summed E-state index contributed by atoms with van der Waals surface area (Å²) in [6.45, 7) is 0.331. The maximum absolute atomic E-state index is 13.3. The van der Waals surface area contributed by atoms with Gasteiger partial charge in [-0.05, 0) is 50.8 Å². The molecule has 5 rings (SSSR count). The van der Waals surface area contributed by atoms with Crippen LogP contribution in [-0.2, 0) is 38.7 Å². The lowest BCUT2D eigenvalue weighted by atomic mass is 10.0. The summed E-state index contributed by atoms with van der Waals surface area (Å²) in [5.74, 6) is -0.152. The van der Waals surface area contributed by atoms with Crippen molar-refractivity contribution in [3.8, 4) is 5.75 Å². The van der Waals surface area contributed by atoms with Crippen LogP contribution in [0, 0.1) is 0 Å². The summed E-state index contributed by atoms with van der Waals surface area (Å²) >= 11 is 3.28. The van der Waals surface area contributed by atoms with Crippen molar-refractivity contribution in [1.82, 2.24) is 15.6 Å². The summed E-state index contributed by atoms with van der Waals surface area (Å²) in [6.07, 6.45) is 0.488. The van der Waals surface area contributed by atoms with Crippen LogP contribution < -0.4 is 15.4 Å². The van der Waals surface area contributed by atoms with E-state index in [1.807, 2.05) is 60.7 Å². The minimum atomic E-state index is -0.978. The lowest BCUT2D eigenvalue weighted by molar-refractivity contribution is -0.123. The molecule has 0 bridgehead atoms. The van der Waals surface area contributed by atoms with Crippen molar-refractivity contribution in [3.05, 3.63) is 102 Å². The molecule has 2 heterocycles. The highest BCUT2D eigenvalue weighted by molar-refractivity contribution is 9.18. The Morgan fingerprint density at radius 1 is 0.977 bits per heavy atom. The fourth-order valence-electron chi connectivity index (χ4n) is 4.41. The second-order valence-electron chi connectivity index (χ2n) is 9.75. The van der Waals surface area contributed by atoms with E-state index >= 15 is 0 Å². The van der Waals surface area contributed by atoms with Crippen LogP contribution in [0.25, 0.3) is 10.9 Å². The Morgan fingerprint density at radius 2 is 1.67 bits per heavy atom. The molecule has 43 heavy (non-hydrogen) atoms. The van der Waals surface area contributed by atoms with Crippen molar-refractivity contribution < 1.29 is 33.4 Å². The Hall–Kier alpha value is -4.84. The standard InChI is InChI=1S/C31H29BrN4O7/c32-28-15-24(43-36-28)17-34-29(37)27(35-30(38)40-18-20-7-3-1-4-8-20)13-22-16-33-26-12-11-23(14-25(22)26)42-31(39)41-19-21-9-5-2-6-10-21/h1-12,14,16,24,27,33H,13,15,17-19H2,(H,34,37)(H,35,38)/t24?,27-/m0/s1. The summed E-state index contributed by atoms with van der Waals surface area (Å²) in [5, 5.41) is 10.1. The third kappa shape index (κ3) is 8.58. The first-order valence-corrected chi connectivity index (χ1v) is 14.3. The maximum Gasteiger partial charge on any atom is 0.514 e. The van der Waals surface area contributed by atoms with E-state index in [1.165, 1.54) is 0 Å². The van der Waals surface area contributed by atoms with Gasteiger partial charge >= 0.3 is 12.2 Å². The molecule has 3 N–H and O–H groups in total. The molecule has 2 amide bonds. The van der Waals surface area contributed by atoms with Crippen LogP contribution in [0.5, 0.6) is 5.75 Å². The minimum absolute atomic E-state index is 0.0520. The van der Waals surface area contributed by atoms with Gasteiger partial charge in [-0.3, -0.25) is 4.79 Å². The van der Waals surface area contributed by atoms with E-state index in [4.69, 9.17) is 19.0 Å². The van der Waals surface area contributed by atoms with Crippen molar-refractivity contribution in [2.24, 2.45) is 5.16 Å². The molecule has 2 atom stereocenters. The number of hydrogen-bond acceptors (Lipinski definition) is 8. The number of benzene rings is 3. The lowest BCUT2D eigenvalue weighted by Crippen LogP contribution is -2.49. The van der Waals surface area contributed by atoms with Crippen LogP contribution in [-0.4, -0.2) is 46.5 Å². The molecule has 0 fully saturated rings. The van der Waals surface area contributed by atoms with Crippen molar-refractivity contribution in [2.75, 3.05) is 6.54 Å². The molecular weight excluding hydrogens is 620 g/mol. The Labute approximate surface area is 255 Å². The number of aromatic amines is 1. The third-order valence-corrected chi connectivity index (χ3v) is 7.05. The van der Waals surface area contributed by atoms with Gasteiger partial charge < -0.3 is 34.7 Å². The van der Waals surface area contributed by atoms with Crippen molar-refractivity contribution >= 4 is 49.6 Å². The molecule has 0 aliphatic carbocycles. The van der Waals surface area contributed by atoms with Gasteiger partial charge in [0.25, 0.3) is 0 Å². The highest BCUT2D eigenvalue weighted by Crippen LogP contribution is 2.25. The number of H-pyrrole nitrogens is 1. The first kappa shape index (κ1) is 29.6. The average Bonchev–Trinajstić information content (AvgIpc) is 3.63. The van der Waals surface area contributed by atoms with Gasteiger partial charge in [-0.25, -0.2) is 9.59 Å². The van der Waals surface area contributed by atoms with Gasteiger partial charge in [0.1, 0.15) is 29.6 Å². The van der Waals surface area contributed by atoms with Gasteiger partial charge in [-0.2, -0.15) is 0 Å². The number of halogens is 1. The second-order valence-corrected chi connectivity index (χ2v) is 10.7. The third-order valence-electron chi connectivity index (χ3n) is 6.59.